The SMILES string of the molecule is CCOC(=O)c1cnn(C)c1CN[C@@H](C)C1CCCC1. The molecule has 112 valence electrons. The minimum Gasteiger partial charge on any atom is -0.462 e. The van der Waals surface area contributed by atoms with E-state index in [-0.39, 0.29) is 5.97 Å². The van der Waals surface area contributed by atoms with Crippen molar-refractivity contribution in [3.8, 4) is 0 Å². The first-order valence-corrected chi connectivity index (χ1v) is 7.54. The zero-order valence-electron chi connectivity index (χ0n) is 12.7. The molecule has 0 bridgehead atoms. The Labute approximate surface area is 120 Å². The van der Waals surface area contributed by atoms with Crippen LogP contribution in [0.25, 0.3) is 0 Å². The van der Waals surface area contributed by atoms with Crippen LogP contribution in [0, 0.1) is 5.92 Å². The molecule has 1 aliphatic rings. The summed E-state index contributed by atoms with van der Waals surface area (Å²) >= 11 is 0. The lowest BCUT2D eigenvalue weighted by Crippen LogP contribution is -2.33. The Hall–Kier alpha value is -1.36. The maximum atomic E-state index is 11.9. The molecule has 1 aromatic rings. The van der Waals surface area contributed by atoms with Gasteiger partial charge >= 0.3 is 5.97 Å². The Balaban J connectivity index is 1.97. The second-order valence-corrected chi connectivity index (χ2v) is 5.56. The molecule has 20 heavy (non-hydrogen) atoms. The number of carbonyl (C=O) groups is 1. The fourth-order valence-corrected chi connectivity index (χ4v) is 2.93. The third kappa shape index (κ3) is 3.39. The lowest BCUT2D eigenvalue weighted by Gasteiger charge is -2.20. The number of nitrogens with zero attached hydrogens (tertiary/aromatic N) is 2. The van der Waals surface area contributed by atoms with E-state index in [0.717, 1.165) is 11.6 Å². The molecule has 1 N–H and O–H groups in total. The highest BCUT2D eigenvalue weighted by Crippen LogP contribution is 2.27. The van der Waals surface area contributed by atoms with E-state index in [0.29, 0.717) is 24.8 Å². The van der Waals surface area contributed by atoms with Gasteiger partial charge in [-0.05, 0) is 32.6 Å². The zero-order valence-corrected chi connectivity index (χ0v) is 12.7. The highest BCUT2D eigenvalue weighted by atomic mass is 16.5. The van der Waals surface area contributed by atoms with E-state index < -0.39 is 0 Å². The van der Waals surface area contributed by atoms with Gasteiger partial charge in [-0.25, -0.2) is 4.79 Å². The summed E-state index contributed by atoms with van der Waals surface area (Å²) in [6, 6.07) is 0.474. The van der Waals surface area contributed by atoms with Gasteiger partial charge in [0.1, 0.15) is 5.56 Å². The number of hydrogen-bond acceptors (Lipinski definition) is 4. The lowest BCUT2D eigenvalue weighted by atomic mass is 10.00. The van der Waals surface area contributed by atoms with Crippen LogP contribution in [0.3, 0.4) is 0 Å². The first kappa shape index (κ1) is 15.0. The number of aryl methyl sites for hydroxylation is 1. The second kappa shape index (κ2) is 6.88. The van der Waals surface area contributed by atoms with Crippen molar-refractivity contribution in [2.24, 2.45) is 13.0 Å². The quantitative estimate of drug-likeness (QED) is 0.812. The molecule has 1 atom stereocenters. The molecule has 0 amide bonds. The predicted octanol–water partition coefficient (Wildman–Crippen LogP) is 2.27. The van der Waals surface area contributed by atoms with Crippen LogP contribution < -0.4 is 5.32 Å². The van der Waals surface area contributed by atoms with Gasteiger partial charge in [-0.2, -0.15) is 5.10 Å². The second-order valence-electron chi connectivity index (χ2n) is 5.56. The van der Waals surface area contributed by atoms with Crippen molar-refractivity contribution in [1.82, 2.24) is 15.1 Å². The average Bonchev–Trinajstić information content (AvgIpc) is 3.06. The Morgan fingerprint density at radius 2 is 2.25 bits per heavy atom. The molecule has 0 aliphatic heterocycles. The minimum absolute atomic E-state index is 0.286. The van der Waals surface area contributed by atoms with Crippen LogP contribution >= 0.6 is 0 Å². The fourth-order valence-electron chi connectivity index (χ4n) is 2.93. The third-order valence-corrected chi connectivity index (χ3v) is 4.26. The van der Waals surface area contributed by atoms with Crippen LogP contribution in [0.1, 0.15) is 55.6 Å². The Morgan fingerprint density at radius 3 is 2.90 bits per heavy atom. The predicted molar refractivity (Wildman–Crippen MR) is 77.4 cm³/mol. The smallest absolute Gasteiger partial charge is 0.341 e. The summed E-state index contributed by atoms with van der Waals surface area (Å²) in [6.07, 6.45) is 6.90. The number of esters is 1. The number of carbonyl (C=O) groups excluding carboxylic acids is 1. The normalized spacial score (nSPS) is 17.4. The van der Waals surface area contributed by atoms with Crippen molar-refractivity contribution < 1.29 is 9.53 Å². The van der Waals surface area contributed by atoms with Gasteiger partial charge < -0.3 is 10.1 Å². The summed E-state index contributed by atoms with van der Waals surface area (Å²) < 4.78 is 6.82. The van der Waals surface area contributed by atoms with Crippen LogP contribution in [0.2, 0.25) is 0 Å². The topological polar surface area (TPSA) is 56.1 Å². The molecule has 1 aromatic heterocycles. The molecule has 0 aromatic carbocycles. The van der Waals surface area contributed by atoms with Crippen LogP contribution in [0.5, 0.6) is 0 Å². The standard InChI is InChI=1S/C15H25N3O2/c1-4-20-15(19)13-9-17-18(3)14(13)10-16-11(2)12-7-5-6-8-12/h9,11-12,16H,4-8,10H2,1-3H3/t11-/m0/s1. The largest absolute Gasteiger partial charge is 0.462 e. The molecule has 0 saturated heterocycles. The highest BCUT2D eigenvalue weighted by Gasteiger charge is 2.23. The Bertz CT molecular complexity index is 450. The number of hydrogen-bond donors (Lipinski definition) is 1. The summed E-state index contributed by atoms with van der Waals surface area (Å²) in [4.78, 5) is 11.9. The molecule has 1 heterocycles. The van der Waals surface area contributed by atoms with E-state index in [2.05, 4.69) is 17.3 Å². The van der Waals surface area contributed by atoms with Crippen LogP contribution in [-0.4, -0.2) is 28.4 Å². The van der Waals surface area contributed by atoms with Crippen molar-refractivity contribution in [1.29, 1.82) is 0 Å². The van der Waals surface area contributed by atoms with Gasteiger partial charge in [-0.15, -0.1) is 0 Å². The van der Waals surface area contributed by atoms with E-state index in [1.165, 1.54) is 25.7 Å². The van der Waals surface area contributed by atoms with Gasteiger partial charge in [-0.1, -0.05) is 12.8 Å². The van der Waals surface area contributed by atoms with Crippen LogP contribution in [-0.2, 0) is 18.3 Å². The summed E-state index contributed by atoms with van der Waals surface area (Å²) in [6.45, 7) is 5.09. The molecule has 0 spiro atoms. The molecule has 0 unspecified atom stereocenters. The molecule has 1 saturated carbocycles. The molecule has 5 nitrogen and oxygen atoms in total. The Morgan fingerprint density at radius 1 is 1.55 bits per heavy atom. The zero-order chi connectivity index (χ0) is 14.5. The number of ether oxygens (including phenoxy) is 1. The van der Waals surface area contributed by atoms with Gasteiger partial charge in [0.2, 0.25) is 0 Å². The van der Waals surface area contributed by atoms with Gasteiger partial charge in [0.15, 0.2) is 0 Å². The first-order valence-electron chi connectivity index (χ1n) is 7.54. The van der Waals surface area contributed by atoms with Gasteiger partial charge in [0.05, 0.1) is 18.5 Å². The monoisotopic (exact) mass is 279 g/mol. The molecule has 0 radical (unpaired) electrons. The van der Waals surface area contributed by atoms with Gasteiger partial charge in [0.25, 0.3) is 0 Å². The summed E-state index contributed by atoms with van der Waals surface area (Å²) in [5, 5.41) is 7.71. The summed E-state index contributed by atoms with van der Waals surface area (Å²) in [5.41, 5.74) is 1.47. The summed E-state index contributed by atoms with van der Waals surface area (Å²) in [5.74, 6) is 0.472. The number of aromatic nitrogens is 2. The minimum atomic E-state index is -0.286. The third-order valence-electron chi connectivity index (χ3n) is 4.26. The number of rotatable bonds is 6. The highest BCUT2D eigenvalue weighted by molar-refractivity contribution is 5.90. The molecule has 1 fully saturated rings. The van der Waals surface area contributed by atoms with E-state index in [9.17, 15) is 4.79 Å². The van der Waals surface area contributed by atoms with Crippen molar-refractivity contribution in [3.63, 3.8) is 0 Å². The van der Waals surface area contributed by atoms with Crippen molar-refractivity contribution >= 4 is 5.97 Å². The fraction of sp³-hybridized carbons (Fsp3) is 0.733. The Kier molecular flexibility index (Phi) is 5.17. The number of nitrogens with one attached hydrogen (secondary N) is 1. The van der Waals surface area contributed by atoms with E-state index in [1.54, 1.807) is 10.9 Å². The molecular formula is C15H25N3O2. The van der Waals surface area contributed by atoms with Crippen LogP contribution in [0.4, 0.5) is 0 Å². The molecule has 5 heteroatoms. The van der Waals surface area contributed by atoms with Crippen molar-refractivity contribution in [2.75, 3.05) is 6.61 Å². The van der Waals surface area contributed by atoms with Crippen molar-refractivity contribution in [3.05, 3.63) is 17.5 Å². The molecule has 2 rings (SSSR count). The van der Waals surface area contributed by atoms with E-state index in [4.69, 9.17) is 4.74 Å². The van der Waals surface area contributed by atoms with Crippen LogP contribution in [0.15, 0.2) is 6.20 Å². The summed E-state index contributed by atoms with van der Waals surface area (Å²) in [7, 11) is 1.86. The average molecular weight is 279 g/mol. The van der Waals surface area contributed by atoms with E-state index >= 15 is 0 Å². The van der Waals surface area contributed by atoms with E-state index in [1.807, 2.05) is 14.0 Å². The van der Waals surface area contributed by atoms with Crippen molar-refractivity contribution in [2.45, 2.75) is 52.1 Å². The van der Waals surface area contributed by atoms with Gasteiger partial charge in [-0.3, -0.25) is 4.68 Å². The maximum Gasteiger partial charge on any atom is 0.341 e. The molecular weight excluding hydrogens is 254 g/mol. The maximum absolute atomic E-state index is 11.9. The first-order chi connectivity index (χ1) is 9.63. The van der Waals surface area contributed by atoms with Gasteiger partial charge in [0, 0.05) is 19.6 Å². The molecule has 1 aliphatic carbocycles. The lowest BCUT2D eigenvalue weighted by molar-refractivity contribution is 0.0524.